The van der Waals surface area contributed by atoms with Gasteiger partial charge in [-0.05, 0) is 33.7 Å². The van der Waals surface area contributed by atoms with E-state index in [0.717, 1.165) is 0 Å². The Labute approximate surface area is 112 Å². The normalized spacial score (nSPS) is 19.7. The molecule has 0 amide bonds. The van der Waals surface area contributed by atoms with Crippen LogP contribution in [0.5, 0.6) is 0 Å². The lowest BCUT2D eigenvalue weighted by molar-refractivity contribution is 0.655. The molecule has 0 fully saturated rings. The molecule has 0 saturated heterocycles. The molecule has 18 heavy (non-hydrogen) atoms. The Morgan fingerprint density at radius 3 is 1.44 bits per heavy atom. The molecule has 98 valence electrons. The van der Waals surface area contributed by atoms with Gasteiger partial charge in [-0.1, -0.05) is 77.9 Å². The van der Waals surface area contributed by atoms with E-state index >= 15 is 0 Å². The molecule has 0 bridgehead atoms. The van der Waals surface area contributed by atoms with Crippen LogP contribution in [-0.2, 0) is 0 Å². The third kappa shape index (κ3) is 2.29. The average molecular weight is 242 g/mol. The maximum Gasteiger partial charge on any atom is -0.0114 e. The zero-order valence-corrected chi connectivity index (χ0v) is 12.6. The fourth-order valence-electron chi connectivity index (χ4n) is 2.70. The SMILES string of the molecule is CC.CC.CC1c2cccc3cccc(c23)C1C. The van der Waals surface area contributed by atoms with Gasteiger partial charge in [0.2, 0.25) is 0 Å². The molecule has 2 unspecified atom stereocenters. The maximum absolute atomic E-state index is 2.33. The zero-order chi connectivity index (χ0) is 13.7. The Hall–Kier alpha value is -1.30. The Kier molecular flexibility index (Phi) is 5.40. The lowest BCUT2D eigenvalue weighted by atomic mass is 9.94. The highest BCUT2D eigenvalue weighted by molar-refractivity contribution is 5.92. The van der Waals surface area contributed by atoms with Gasteiger partial charge in [0.1, 0.15) is 0 Å². The molecule has 0 saturated carbocycles. The highest BCUT2D eigenvalue weighted by Gasteiger charge is 2.27. The standard InChI is InChI=1S/C14H14.2C2H6/c1-9-10(2)13-8-4-6-11-5-3-7-12(9)14(11)13;2*1-2/h3-10H,1-2H3;2*1-2H3. The van der Waals surface area contributed by atoms with Crippen LogP contribution in [0.3, 0.4) is 0 Å². The van der Waals surface area contributed by atoms with E-state index in [2.05, 4.69) is 50.2 Å². The van der Waals surface area contributed by atoms with E-state index in [1.807, 2.05) is 27.7 Å². The van der Waals surface area contributed by atoms with E-state index in [9.17, 15) is 0 Å². The van der Waals surface area contributed by atoms with Gasteiger partial charge in [-0.15, -0.1) is 0 Å². The van der Waals surface area contributed by atoms with Crippen LogP contribution in [0, 0.1) is 0 Å². The van der Waals surface area contributed by atoms with Gasteiger partial charge >= 0.3 is 0 Å². The first-order valence-corrected chi connectivity index (χ1v) is 7.30. The summed E-state index contributed by atoms with van der Waals surface area (Å²) in [5.41, 5.74) is 3.07. The van der Waals surface area contributed by atoms with E-state index in [1.165, 1.54) is 21.9 Å². The van der Waals surface area contributed by atoms with E-state index in [-0.39, 0.29) is 0 Å². The van der Waals surface area contributed by atoms with E-state index < -0.39 is 0 Å². The predicted molar refractivity (Wildman–Crippen MR) is 83.5 cm³/mol. The van der Waals surface area contributed by atoms with Gasteiger partial charge in [-0.25, -0.2) is 0 Å². The molecule has 1 aliphatic carbocycles. The minimum atomic E-state index is 0.677. The van der Waals surface area contributed by atoms with Gasteiger partial charge in [0.15, 0.2) is 0 Å². The van der Waals surface area contributed by atoms with E-state index in [4.69, 9.17) is 0 Å². The van der Waals surface area contributed by atoms with Crippen LogP contribution in [0.25, 0.3) is 10.8 Å². The van der Waals surface area contributed by atoms with Crippen molar-refractivity contribution in [2.45, 2.75) is 53.4 Å². The van der Waals surface area contributed by atoms with Crippen LogP contribution in [0.1, 0.15) is 64.5 Å². The lowest BCUT2D eigenvalue weighted by Crippen LogP contribution is -1.95. The van der Waals surface area contributed by atoms with Crippen LogP contribution in [0.2, 0.25) is 0 Å². The summed E-state index contributed by atoms with van der Waals surface area (Å²) in [4.78, 5) is 0. The fraction of sp³-hybridized carbons (Fsp3) is 0.444. The molecule has 0 radical (unpaired) electrons. The van der Waals surface area contributed by atoms with E-state index in [1.54, 1.807) is 0 Å². The van der Waals surface area contributed by atoms with Gasteiger partial charge in [0.25, 0.3) is 0 Å². The maximum atomic E-state index is 2.33. The van der Waals surface area contributed by atoms with Gasteiger partial charge in [0.05, 0.1) is 0 Å². The van der Waals surface area contributed by atoms with Crippen LogP contribution < -0.4 is 0 Å². The summed E-state index contributed by atoms with van der Waals surface area (Å²) < 4.78 is 0. The second kappa shape index (κ2) is 6.58. The molecule has 0 nitrogen and oxygen atoms in total. The molecule has 0 spiro atoms. The van der Waals surface area contributed by atoms with Crippen molar-refractivity contribution in [1.29, 1.82) is 0 Å². The summed E-state index contributed by atoms with van der Waals surface area (Å²) in [6, 6.07) is 13.3. The Bertz CT molecular complexity index is 454. The van der Waals surface area contributed by atoms with Gasteiger partial charge in [-0.2, -0.15) is 0 Å². The smallest absolute Gasteiger partial charge is 0.0114 e. The molecule has 0 aromatic heterocycles. The van der Waals surface area contributed by atoms with Crippen LogP contribution in [0.15, 0.2) is 36.4 Å². The lowest BCUT2D eigenvalue weighted by Gasteiger charge is -2.10. The molecule has 0 heterocycles. The van der Waals surface area contributed by atoms with Crippen molar-refractivity contribution in [1.82, 2.24) is 0 Å². The molecule has 0 heteroatoms. The summed E-state index contributed by atoms with van der Waals surface area (Å²) in [6.07, 6.45) is 0. The van der Waals surface area contributed by atoms with Crippen molar-refractivity contribution >= 4 is 10.8 Å². The Balaban J connectivity index is 0.000000371. The second-order valence-corrected chi connectivity index (χ2v) is 4.37. The molecule has 2 aromatic carbocycles. The average Bonchev–Trinajstić information content (AvgIpc) is 2.71. The summed E-state index contributed by atoms with van der Waals surface area (Å²) in [6.45, 7) is 12.7. The third-order valence-electron chi connectivity index (χ3n) is 3.70. The summed E-state index contributed by atoms with van der Waals surface area (Å²) in [7, 11) is 0. The van der Waals surface area contributed by atoms with Crippen molar-refractivity contribution in [2.24, 2.45) is 0 Å². The molecular weight excluding hydrogens is 216 g/mol. The monoisotopic (exact) mass is 242 g/mol. The number of benzene rings is 2. The summed E-state index contributed by atoms with van der Waals surface area (Å²) in [5.74, 6) is 1.35. The van der Waals surface area contributed by atoms with Crippen molar-refractivity contribution < 1.29 is 0 Å². The highest BCUT2D eigenvalue weighted by Crippen LogP contribution is 2.45. The molecule has 2 aromatic rings. The molecule has 3 rings (SSSR count). The molecule has 1 aliphatic rings. The fourth-order valence-corrected chi connectivity index (χ4v) is 2.70. The quantitative estimate of drug-likeness (QED) is 0.522. The largest absolute Gasteiger partial charge is 0.0683 e. The topological polar surface area (TPSA) is 0 Å². The molecule has 2 atom stereocenters. The third-order valence-corrected chi connectivity index (χ3v) is 3.70. The van der Waals surface area contributed by atoms with Crippen molar-refractivity contribution in [3.8, 4) is 0 Å². The predicted octanol–water partition coefficient (Wildman–Crippen LogP) is 6.11. The summed E-state index contributed by atoms with van der Waals surface area (Å²) >= 11 is 0. The van der Waals surface area contributed by atoms with E-state index in [0.29, 0.717) is 11.8 Å². The molecule has 0 aliphatic heterocycles. The van der Waals surface area contributed by atoms with Crippen LogP contribution in [-0.4, -0.2) is 0 Å². The highest BCUT2D eigenvalue weighted by atomic mass is 14.3. The van der Waals surface area contributed by atoms with Crippen molar-refractivity contribution in [2.75, 3.05) is 0 Å². The van der Waals surface area contributed by atoms with Gasteiger partial charge < -0.3 is 0 Å². The van der Waals surface area contributed by atoms with Crippen LogP contribution in [0.4, 0.5) is 0 Å². The zero-order valence-electron chi connectivity index (χ0n) is 12.6. The van der Waals surface area contributed by atoms with Crippen molar-refractivity contribution in [3.05, 3.63) is 47.5 Å². The number of hydrogen-bond donors (Lipinski definition) is 0. The van der Waals surface area contributed by atoms with Gasteiger partial charge in [0, 0.05) is 0 Å². The Morgan fingerprint density at radius 1 is 0.667 bits per heavy atom. The van der Waals surface area contributed by atoms with Gasteiger partial charge in [-0.3, -0.25) is 0 Å². The first-order valence-electron chi connectivity index (χ1n) is 7.30. The molecule has 0 N–H and O–H groups in total. The first-order chi connectivity index (χ1) is 8.79. The molecular formula is C18H26. The number of hydrogen-bond acceptors (Lipinski definition) is 0. The van der Waals surface area contributed by atoms with Crippen molar-refractivity contribution in [3.63, 3.8) is 0 Å². The first kappa shape index (κ1) is 14.8. The Morgan fingerprint density at radius 2 is 1.06 bits per heavy atom. The number of rotatable bonds is 0. The summed E-state index contributed by atoms with van der Waals surface area (Å²) in [5, 5.41) is 2.91. The minimum Gasteiger partial charge on any atom is -0.0683 e. The van der Waals surface area contributed by atoms with Crippen LogP contribution >= 0.6 is 0 Å². The minimum absolute atomic E-state index is 0.677. The second-order valence-electron chi connectivity index (χ2n) is 4.37.